The minimum atomic E-state index is -0.651. The molecular formula is C26H32N2O4. The summed E-state index contributed by atoms with van der Waals surface area (Å²) in [7, 11) is 0. The molecule has 32 heavy (non-hydrogen) atoms. The van der Waals surface area contributed by atoms with E-state index in [1.54, 1.807) is 29.2 Å². The smallest absolute Gasteiger partial charge is 0.295 e. The van der Waals surface area contributed by atoms with E-state index in [2.05, 4.69) is 18.7 Å². The Balaban J connectivity index is 2.05. The van der Waals surface area contributed by atoms with Crippen LogP contribution in [0.4, 0.5) is 0 Å². The Morgan fingerprint density at radius 1 is 1.00 bits per heavy atom. The minimum absolute atomic E-state index is 0.127. The lowest BCUT2D eigenvalue weighted by Crippen LogP contribution is -2.38. The van der Waals surface area contributed by atoms with Crippen LogP contribution in [-0.4, -0.2) is 59.4 Å². The molecule has 1 atom stereocenters. The summed E-state index contributed by atoms with van der Waals surface area (Å²) >= 11 is 0. The zero-order valence-electron chi connectivity index (χ0n) is 19.3. The summed E-state index contributed by atoms with van der Waals surface area (Å²) in [6.07, 6.45) is 0. The van der Waals surface area contributed by atoms with E-state index in [-0.39, 0.29) is 11.3 Å². The second-order valence-electron chi connectivity index (χ2n) is 7.89. The van der Waals surface area contributed by atoms with E-state index in [0.717, 1.165) is 24.2 Å². The van der Waals surface area contributed by atoms with Crippen LogP contribution in [0.2, 0.25) is 0 Å². The number of likely N-dealkylation sites (N-methyl/N-ethyl adjacent to an activating group) is 1. The maximum atomic E-state index is 13.1. The maximum Gasteiger partial charge on any atom is 0.295 e. The number of ether oxygens (including phenoxy) is 1. The number of hydrogen-bond donors (Lipinski definition) is 1. The molecule has 0 aliphatic carbocycles. The third kappa shape index (κ3) is 4.86. The van der Waals surface area contributed by atoms with Gasteiger partial charge in [-0.05, 0) is 56.8 Å². The first-order valence-electron chi connectivity index (χ1n) is 11.2. The van der Waals surface area contributed by atoms with Gasteiger partial charge in [-0.3, -0.25) is 9.59 Å². The number of ketones is 1. The topological polar surface area (TPSA) is 70.1 Å². The number of benzene rings is 2. The lowest BCUT2D eigenvalue weighted by Gasteiger charge is -2.28. The van der Waals surface area contributed by atoms with Crippen molar-refractivity contribution in [3.05, 3.63) is 70.8 Å². The number of nitrogens with zero attached hydrogens (tertiary/aromatic N) is 2. The minimum Gasteiger partial charge on any atom is -0.507 e. The molecule has 1 amide bonds. The van der Waals surface area contributed by atoms with E-state index in [0.29, 0.717) is 31.0 Å². The van der Waals surface area contributed by atoms with Crippen LogP contribution in [0.3, 0.4) is 0 Å². The number of amides is 1. The molecule has 1 fully saturated rings. The zero-order chi connectivity index (χ0) is 23.3. The van der Waals surface area contributed by atoms with Crippen LogP contribution >= 0.6 is 0 Å². The van der Waals surface area contributed by atoms with Gasteiger partial charge < -0.3 is 19.6 Å². The van der Waals surface area contributed by atoms with E-state index in [1.807, 2.05) is 38.1 Å². The van der Waals surface area contributed by atoms with Gasteiger partial charge in [-0.25, -0.2) is 0 Å². The molecule has 6 nitrogen and oxygen atoms in total. The van der Waals surface area contributed by atoms with Gasteiger partial charge in [-0.1, -0.05) is 43.7 Å². The van der Waals surface area contributed by atoms with Gasteiger partial charge in [-0.15, -0.1) is 0 Å². The molecule has 170 valence electrons. The van der Waals surface area contributed by atoms with Crippen molar-refractivity contribution < 1.29 is 19.4 Å². The molecule has 1 aliphatic rings. The quantitative estimate of drug-likeness (QED) is 0.363. The van der Waals surface area contributed by atoms with Crippen LogP contribution in [0.1, 0.15) is 43.5 Å². The van der Waals surface area contributed by atoms with E-state index < -0.39 is 17.7 Å². The Bertz CT molecular complexity index is 976. The fourth-order valence-electron chi connectivity index (χ4n) is 4.03. The monoisotopic (exact) mass is 436 g/mol. The molecule has 1 aliphatic heterocycles. The first-order valence-corrected chi connectivity index (χ1v) is 11.2. The zero-order valence-corrected chi connectivity index (χ0v) is 19.3. The van der Waals surface area contributed by atoms with Crippen LogP contribution in [0.25, 0.3) is 5.76 Å². The number of aryl methyl sites for hydroxylation is 1. The van der Waals surface area contributed by atoms with Gasteiger partial charge in [0.25, 0.3) is 11.7 Å². The van der Waals surface area contributed by atoms with Crippen molar-refractivity contribution in [3.63, 3.8) is 0 Å². The number of carbonyl (C=O) groups excluding carboxylic acids is 2. The van der Waals surface area contributed by atoms with Crippen molar-refractivity contribution >= 4 is 17.4 Å². The van der Waals surface area contributed by atoms with E-state index in [1.165, 1.54) is 0 Å². The number of rotatable bonds is 9. The number of hydrogen-bond acceptors (Lipinski definition) is 5. The fourth-order valence-corrected chi connectivity index (χ4v) is 4.03. The summed E-state index contributed by atoms with van der Waals surface area (Å²) in [4.78, 5) is 29.9. The summed E-state index contributed by atoms with van der Waals surface area (Å²) in [6, 6.07) is 14.0. The van der Waals surface area contributed by atoms with Gasteiger partial charge in [0.05, 0.1) is 18.2 Å². The van der Waals surface area contributed by atoms with Crippen molar-refractivity contribution in [2.24, 2.45) is 0 Å². The standard InChI is InChI=1S/C26H32N2O4/c1-5-27(6-2)16-17-28-23(19-10-8-18(4)9-11-19)22(25(30)26(28)31)24(29)20-12-14-21(15-13-20)32-7-3/h8-15,23,29H,5-7,16-17H2,1-4H3/b24-22-. The van der Waals surface area contributed by atoms with Crippen LogP contribution in [-0.2, 0) is 9.59 Å². The summed E-state index contributed by atoms with van der Waals surface area (Å²) in [5.41, 5.74) is 2.50. The van der Waals surface area contributed by atoms with Crippen molar-refractivity contribution in [1.29, 1.82) is 0 Å². The molecule has 0 radical (unpaired) electrons. The normalized spacial score (nSPS) is 17.9. The molecule has 1 unspecified atom stereocenters. The average molecular weight is 437 g/mol. The molecule has 0 spiro atoms. The largest absolute Gasteiger partial charge is 0.507 e. The first-order chi connectivity index (χ1) is 15.4. The second kappa shape index (κ2) is 10.5. The Kier molecular flexibility index (Phi) is 7.70. The van der Waals surface area contributed by atoms with Crippen LogP contribution in [0.5, 0.6) is 5.75 Å². The van der Waals surface area contributed by atoms with Crippen molar-refractivity contribution in [1.82, 2.24) is 9.80 Å². The number of carbonyl (C=O) groups is 2. The van der Waals surface area contributed by atoms with E-state index in [9.17, 15) is 14.7 Å². The van der Waals surface area contributed by atoms with Gasteiger partial charge in [0.1, 0.15) is 11.5 Å². The third-order valence-corrected chi connectivity index (χ3v) is 5.92. The molecule has 2 aromatic rings. The molecule has 1 saturated heterocycles. The highest BCUT2D eigenvalue weighted by atomic mass is 16.5. The number of Topliss-reactive ketones (excluding diaryl/α,β-unsaturated/α-hetero) is 1. The molecule has 3 rings (SSSR count). The van der Waals surface area contributed by atoms with Gasteiger partial charge in [0.2, 0.25) is 0 Å². The highest BCUT2D eigenvalue weighted by Crippen LogP contribution is 2.39. The molecule has 1 N–H and O–H groups in total. The lowest BCUT2D eigenvalue weighted by molar-refractivity contribution is -0.140. The maximum absolute atomic E-state index is 13.1. The summed E-state index contributed by atoms with van der Waals surface area (Å²) in [5, 5.41) is 11.1. The van der Waals surface area contributed by atoms with Gasteiger partial charge >= 0.3 is 0 Å². The van der Waals surface area contributed by atoms with Gasteiger partial charge in [0.15, 0.2) is 0 Å². The van der Waals surface area contributed by atoms with Gasteiger partial charge in [0, 0.05) is 18.7 Å². The summed E-state index contributed by atoms with van der Waals surface area (Å²) < 4.78 is 5.47. The Morgan fingerprint density at radius 2 is 1.62 bits per heavy atom. The average Bonchev–Trinajstić information content (AvgIpc) is 3.05. The summed E-state index contributed by atoms with van der Waals surface area (Å²) in [6.45, 7) is 11.4. The van der Waals surface area contributed by atoms with Gasteiger partial charge in [-0.2, -0.15) is 0 Å². The van der Waals surface area contributed by atoms with Crippen LogP contribution < -0.4 is 4.74 Å². The summed E-state index contributed by atoms with van der Waals surface area (Å²) in [5.74, 6) is -0.710. The number of likely N-dealkylation sites (tertiary alicyclic amines) is 1. The lowest BCUT2D eigenvalue weighted by atomic mass is 9.94. The molecule has 6 heteroatoms. The van der Waals surface area contributed by atoms with Crippen LogP contribution in [0.15, 0.2) is 54.1 Å². The molecule has 0 aromatic heterocycles. The second-order valence-corrected chi connectivity index (χ2v) is 7.89. The van der Waals surface area contributed by atoms with E-state index >= 15 is 0 Å². The van der Waals surface area contributed by atoms with Crippen molar-refractivity contribution in [2.45, 2.75) is 33.7 Å². The molecule has 0 bridgehead atoms. The molecule has 0 saturated carbocycles. The highest BCUT2D eigenvalue weighted by Gasteiger charge is 2.45. The first kappa shape index (κ1) is 23.5. The number of aliphatic hydroxyl groups is 1. The predicted octanol–water partition coefficient (Wildman–Crippen LogP) is 4.16. The van der Waals surface area contributed by atoms with Crippen LogP contribution in [0, 0.1) is 6.92 Å². The Hall–Kier alpha value is -3.12. The fraction of sp³-hybridized carbons (Fsp3) is 0.385. The SMILES string of the molecule is CCOc1ccc(/C(O)=C2/C(=O)C(=O)N(CCN(CC)CC)C2c2ccc(C)cc2)cc1. The molecular weight excluding hydrogens is 404 g/mol. The molecule has 2 aromatic carbocycles. The van der Waals surface area contributed by atoms with E-state index in [4.69, 9.17) is 4.74 Å². The Morgan fingerprint density at radius 3 is 2.19 bits per heavy atom. The predicted molar refractivity (Wildman–Crippen MR) is 126 cm³/mol. The highest BCUT2D eigenvalue weighted by molar-refractivity contribution is 6.46. The third-order valence-electron chi connectivity index (χ3n) is 5.92. The Labute approximate surface area is 190 Å². The van der Waals surface area contributed by atoms with Crippen molar-refractivity contribution in [3.8, 4) is 5.75 Å². The number of aliphatic hydroxyl groups excluding tert-OH is 1. The molecule has 1 heterocycles. The van der Waals surface area contributed by atoms with Crippen molar-refractivity contribution in [2.75, 3.05) is 32.8 Å².